The van der Waals surface area contributed by atoms with E-state index in [9.17, 15) is 8.42 Å². The van der Waals surface area contributed by atoms with E-state index in [2.05, 4.69) is 10.3 Å². The Labute approximate surface area is 137 Å². The van der Waals surface area contributed by atoms with Gasteiger partial charge in [0.05, 0.1) is 13.2 Å². The van der Waals surface area contributed by atoms with Crippen molar-refractivity contribution in [1.29, 1.82) is 0 Å². The van der Waals surface area contributed by atoms with Gasteiger partial charge in [-0.1, -0.05) is 6.07 Å². The van der Waals surface area contributed by atoms with Crippen LogP contribution in [0.4, 0.5) is 5.82 Å². The summed E-state index contributed by atoms with van der Waals surface area (Å²) in [5.74, 6) is 0.962. The highest BCUT2D eigenvalue weighted by Crippen LogP contribution is 2.28. The number of pyridine rings is 1. The van der Waals surface area contributed by atoms with Crippen molar-refractivity contribution in [3.63, 3.8) is 0 Å². The van der Waals surface area contributed by atoms with Gasteiger partial charge in [0.15, 0.2) is 0 Å². The van der Waals surface area contributed by atoms with Crippen LogP contribution in [0.5, 0.6) is 0 Å². The maximum absolute atomic E-state index is 12.8. The second-order valence-corrected chi connectivity index (χ2v) is 7.84. The largest absolute Gasteiger partial charge is 0.379 e. The molecule has 1 N–H and O–H groups in total. The first-order valence-corrected chi connectivity index (χ1v) is 9.48. The van der Waals surface area contributed by atoms with Crippen molar-refractivity contribution in [3.8, 4) is 0 Å². The highest BCUT2D eigenvalue weighted by Gasteiger charge is 2.35. The highest BCUT2D eigenvalue weighted by atomic mass is 32.2. The second kappa shape index (κ2) is 7.12. The summed E-state index contributed by atoms with van der Waals surface area (Å²) in [6, 6.07) is 5.86. The Morgan fingerprint density at radius 3 is 2.74 bits per heavy atom. The number of nitrogens with one attached hydrogen (secondary N) is 1. The Morgan fingerprint density at radius 2 is 2.00 bits per heavy atom. The molecule has 1 unspecified atom stereocenters. The molecule has 3 heterocycles. The molecule has 0 saturated carbocycles. The van der Waals surface area contributed by atoms with Crippen molar-refractivity contribution in [2.75, 3.05) is 51.8 Å². The highest BCUT2D eigenvalue weighted by molar-refractivity contribution is 7.86. The van der Waals surface area contributed by atoms with Gasteiger partial charge in [-0.2, -0.15) is 17.0 Å². The lowest BCUT2D eigenvalue weighted by Gasteiger charge is -2.36. The Bertz CT molecular complexity index is 631. The Kier molecular flexibility index (Phi) is 5.15. The zero-order chi connectivity index (χ0) is 16.3. The van der Waals surface area contributed by atoms with Gasteiger partial charge >= 0.3 is 0 Å². The summed E-state index contributed by atoms with van der Waals surface area (Å²) in [7, 11) is -1.56. The van der Waals surface area contributed by atoms with E-state index in [4.69, 9.17) is 4.74 Å². The van der Waals surface area contributed by atoms with Crippen molar-refractivity contribution >= 4 is 16.0 Å². The predicted molar refractivity (Wildman–Crippen MR) is 88.6 cm³/mol. The van der Waals surface area contributed by atoms with Gasteiger partial charge in [-0.05, 0) is 25.0 Å². The summed E-state index contributed by atoms with van der Waals surface area (Å²) in [4.78, 5) is 4.58. The van der Waals surface area contributed by atoms with Gasteiger partial charge in [-0.3, -0.25) is 0 Å². The zero-order valence-electron chi connectivity index (χ0n) is 13.4. The third-order valence-electron chi connectivity index (χ3n) is 4.45. The van der Waals surface area contributed by atoms with Gasteiger partial charge in [0.2, 0.25) is 0 Å². The van der Waals surface area contributed by atoms with E-state index in [-0.39, 0.29) is 5.92 Å². The summed E-state index contributed by atoms with van der Waals surface area (Å²) >= 11 is 0. The molecule has 0 bridgehead atoms. The van der Waals surface area contributed by atoms with E-state index >= 15 is 0 Å². The monoisotopic (exact) mass is 340 g/mol. The van der Waals surface area contributed by atoms with E-state index < -0.39 is 10.2 Å². The average molecular weight is 340 g/mol. The molecule has 7 nitrogen and oxygen atoms in total. The van der Waals surface area contributed by atoms with Crippen molar-refractivity contribution < 1.29 is 13.2 Å². The van der Waals surface area contributed by atoms with Crippen LogP contribution >= 0.6 is 0 Å². The number of hydrogen-bond acceptors (Lipinski definition) is 5. The van der Waals surface area contributed by atoms with Crippen molar-refractivity contribution in [2.24, 2.45) is 0 Å². The SMILES string of the molecule is CNc1cccc(C2CCCN(S(=O)(=O)N3CCOCC3)C2)n1. The lowest BCUT2D eigenvalue weighted by molar-refractivity contribution is 0.0695. The number of nitrogens with zero attached hydrogens (tertiary/aromatic N) is 3. The van der Waals surface area contributed by atoms with Gasteiger partial charge in [0.25, 0.3) is 10.2 Å². The molecule has 1 aromatic rings. The van der Waals surface area contributed by atoms with Crippen molar-refractivity contribution in [1.82, 2.24) is 13.6 Å². The maximum Gasteiger partial charge on any atom is 0.282 e. The van der Waals surface area contributed by atoms with Crippen molar-refractivity contribution in [3.05, 3.63) is 23.9 Å². The van der Waals surface area contributed by atoms with E-state index in [1.54, 1.807) is 4.31 Å². The van der Waals surface area contributed by atoms with E-state index in [1.165, 1.54) is 4.31 Å². The molecule has 23 heavy (non-hydrogen) atoms. The number of aromatic nitrogens is 1. The van der Waals surface area contributed by atoms with Crippen LogP contribution < -0.4 is 5.32 Å². The molecule has 8 heteroatoms. The van der Waals surface area contributed by atoms with Gasteiger partial charge in [0, 0.05) is 44.8 Å². The predicted octanol–water partition coefficient (Wildman–Crippen LogP) is 0.880. The van der Waals surface area contributed by atoms with Gasteiger partial charge in [-0.15, -0.1) is 0 Å². The molecule has 1 atom stereocenters. The molecule has 2 fully saturated rings. The zero-order valence-corrected chi connectivity index (χ0v) is 14.3. The average Bonchev–Trinajstić information content (AvgIpc) is 2.62. The van der Waals surface area contributed by atoms with Crippen LogP contribution in [0.15, 0.2) is 18.2 Å². The maximum atomic E-state index is 12.8. The number of rotatable bonds is 4. The number of morpholine rings is 1. The first-order chi connectivity index (χ1) is 11.1. The minimum absolute atomic E-state index is 0.146. The molecule has 0 aromatic carbocycles. The molecule has 2 saturated heterocycles. The van der Waals surface area contributed by atoms with Crippen molar-refractivity contribution in [2.45, 2.75) is 18.8 Å². The standard InChI is InChI=1S/C15H24N4O3S/c1-16-15-6-2-5-14(17-15)13-4-3-7-19(12-13)23(20,21)18-8-10-22-11-9-18/h2,5-6,13H,3-4,7-12H2,1H3,(H,16,17). The fraction of sp³-hybridized carbons (Fsp3) is 0.667. The Balaban J connectivity index is 1.74. The first kappa shape index (κ1) is 16.6. The quantitative estimate of drug-likeness (QED) is 0.881. The molecule has 128 valence electrons. The van der Waals surface area contributed by atoms with Crippen LogP contribution in [0.2, 0.25) is 0 Å². The normalized spacial score (nSPS) is 24.5. The summed E-state index contributed by atoms with van der Waals surface area (Å²) in [6.07, 6.45) is 1.83. The second-order valence-electron chi connectivity index (χ2n) is 5.91. The Hall–Kier alpha value is -1.22. The van der Waals surface area contributed by atoms with Gasteiger partial charge < -0.3 is 10.1 Å². The third kappa shape index (κ3) is 3.65. The summed E-state index contributed by atoms with van der Waals surface area (Å²) < 4.78 is 34.0. The third-order valence-corrected chi connectivity index (χ3v) is 6.45. The smallest absolute Gasteiger partial charge is 0.282 e. The molecule has 0 amide bonds. The first-order valence-electron chi connectivity index (χ1n) is 8.09. The van der Waals surface area contributed by atoms with Gasteiger partial charge in [0.1, 0.15) is 5.82 Å². The van der Waals surface area contributed by atoms with Crippen LogP contribution in [0.3, 0.4) is 0 Å². The molecule has 2 aliphatic heterocycles. The molecule has 2 aliphatic rings. The van der Waals surface area contributed by atoms with Crippen LogP contribution in [-0.2, 0) is 14.9 Å². The number of anilines is 1. The van der Waals surface area contributed by atoms with E-state index in [0.717, 1.165) is 24.4 Å². The lowest BCUT2D eigenvalue weighted by atomic mass is 9.96. The lowest BCUT2D eigenvalue weighted by Crippen LogP contribution is -2.51. The molecular formula is C15H24N4O3S. The van der Waals surface area contributed by atoms with Crippen LogP contribution in [0, 0.1) is 0 Å². The molecule has 0 spiro atoms. The molecule has 0 aliphatic carbocycles. The summed E-state index contributed by atoms with van der Waals surface area (Å²) in [5.41, 5.74) is 0.957. The topological polar surface area (TPSA) is 74.8 Å². The van der Waals surface area contributed by atoms with Crippen LogP contribution in [-0.4, -0.2) is 68.5 Å². The molecule has 0 radical (unpaired) electrons. The van der Waals surface area contributed by atoms with Crippen LogP contribution in [0.25, 0.3) is 0 Å². The molecule has 3 rings (SSSR count). The minimum Gasteiger partial charge on any atom is -0.379 e. The number of hydrogen-bond donors (Lipinski definition) is 1. The molecular weight excluding hydrogens is 316 g/mol. The van der Waals surface area contributed by atoms with Gasteiger partial charge in [-0.25, -0.2) is 4.98 Å². The minimum atomic E-state index is -3.40. The van der Waals surface area contributed by atoms with E-state index in [0.29, 0.717) is 39.4 Å². The Morgan fingerprint density at radius 1 is 1.22 bits per heavy atom. The van der Waals surface area contributed by atoms with E-state index in [1.807, 2.05) is 25.2 Å². The van der Waals surface area contributed by atoms with Crippen LogP contribution in [0.1, 0.15) is 24.5 Å². The fourth-order valence-electron chi connectivity index (χ4n) is 3.15. The summed E-state index contributed by atoms with van der Waals surface area (Å²) in [5, 5.41) is 3.03. The summed E-state index contributed by atoms with van der Waals surface area (Å²) in [6.45, 7) is 2.92. The number of ether oxygens (including phenoxy) is 1. The number of piperidine rings is 1. The molecule has 1 aromatic heterocycles. The fourth-order valence-corrected chi connectivity index (χ4v) is 4.82.